The Morgan fingerprint density at radius 1 is 1.24 bits per heavy atom. The van der Waals surface area contributed by atoms with Gasteiger partial charge in [0, 0.05) is 25.2 Å². The van der Waals surface area contributed by atoms with Gasteiger partial charge >= 0.3 is 0 Å². The van der Waals surface area contributed by atoms with Crippen LogP contribution >= 0.6 is 0 Å². The molecule has 1 aromatic carbocycles. The quantitative estimate of drug-likeness (QED) is 0.851. The number of ether oxygens (including phenoxy) is 1. The smallest absolute Gasteiger partial charge is 0.123 e. The summed E-state index contributed by atoms with van der Waals surface area (Å²) in [6.45, 7) is 5.89. The third-order valence-electron chi connectivity index (χ3n) is 4.05. The number of rotatable bonds is 3. The highest BCUT2D eigenvalue weighted by atomic mass is 16.5. The predicted octanol–water partition coefficient (Wildman–Crippen LogP) is 1.35. The maximum atomic E-state index is 5.41. The zero-order valence-electron chi connectivity index (χ0n) is 10.4. The topological polar surface area (TPSA) is 24.5 Å². The molecule has 0 bridgehead atoms. The molecule has 2 saturated heterocycles. The van der Waals surface area contributed by atoms with Crippen LogP contribution in [0, 0.1) is 11.8 Å². The van der Waals surface area contributed by atoms with Crippen LogP contribution < -0.4 is 10.1 Å². The number of fused-ring (bicyclic) bond motifs is 1. The second kappa shape index (κ2) is 4.67. The second-order valence-electron chi connectivity index (χ2n) is 5.18. The first-order valence-corrected chi connectivity index (χ1v) is 6.42. The van der Waals surface area contributed by atoms with E-state index < -0.39 is 0 Å². The Morgan fingerprint density at radius 3 is 2.65 bits per heavy atom. The lowest BCUT2D eigenvalue weighted by Gasteiger charge is -2.18. The summed E-state index contributed by atoms with van der Waals surface area (Å²) in [5.74, 6) is 2.75. The van der Waals surface area contributed by atoms with Crippen molar-refractivity contribution in [3.63, 3.8) is 0 Å². The van der Waals surface area contributed by atoms with E-state index in [0.29, 0.717) is 0 Å². The Balaban J connectivity index is 1.67. The second-order valence-corrected chi connectivity index (χ2v) is 5.18. The van der Waals surface area contributed by atoms with Crippen LogP contribution in [0.1, 0.15) is 5.56 Å². The molecule has 0 aromatic heterocycles. The molecule has 92 valence electrons. The molecule has 3 nitrogen and oxygen atoms in total. The van der Waals surface area contributed by atoms with Crippen LogP contribution in [-0.4, -0.2) is 38.2 Å². The van der Waals surface area contributed by atoms with E-state index >= 15 is 0 Å². The standard InChI is InChI=1S/C14H20N2O/c1-17-14-5-3-2-4-11(14)8-16-9-12-6-15-7-13(12)10-16/h2-5,12-13,15H,6-10H2,1H3. The summed E-state index contributed by atoms with van der Waals surface area (Å²) < 4.78 is 5.41. The molecule has 0 radical (unpaired) electrons. The number of likely N-dealkylation sites (tertiary alicyclic amines) is 1. The van der Waals surface area contributed by atoms with Crippen molar-refractivity contribution in [2.75, 3.05) is 33.3 Å². The highest BCUT2D eigenvalue weighted by molar-refractivity contribution is 5.33. The van der Waals surface area contributed by atoms with Gasteiger partial charge < -0.3 is 10.1 Å². The van der Waals surface area contributed by atoms with Crippen molar-refractivity contribution >= 4 is 0 Å². The Hall–Kier alpha value is -1.06. The van der Waals surface area contributed by atoms with Gasteiger partial charge in [0.15, 0.2) is 0 Å². The van der Waals surface area contributed by atoms with Crippen LogP contribution in [0.25, 0.3) is 0 Å². The zero-order chi connectivity index (χ0) is 11.7. The highest BCUT2D eigenvalue weighted by Crippen LogP contribution is 2.29. The molecular weight excluding hydrogens is 212 g/mol. The average Bonchev–Trinajstić information content (AvgIpc) is 2.90. The molecule has 2 fully saturated rings. The van der Waals surface area contributed by atoms with E-state index in [2.05, 4.69) is 22.3 Å². The number of hydrogen-bond donors (Lipinski definition) is 1. The van der Waals surface area contributed by atoms with Crippen molar-refractivity contribution in [3.05, 3.63) is 29.8 Å². The van der Waals surface area contributed by atoms with E-state index in [1.54, 1.807) is 7.11 Å². The van der Waals surface area contributed by atoms with E-state index in [1.807, 2.05) is 12.1 Å². The van der Waals surface area contributed by atoms with Crippen LogP contribution in [0.4, 0.5) is 0 Å². The minimum atomic E-state index is 0.865. The lowest BCUT2D eigenvalue weighted by Crippen LogP contribution is -2.25. The summed E-state index contributed by atoms with van der Waals surface area (Å²) >= 11 is 0. The van der Waals surface area contributed by atoms with Crippen molar-refractivity contribution < 1.29 is 4.74 Å². The fourth-order valence-electron chi connectivity index (χ4n) is 3.16. The van der Waals surface area contributed by atoms with Gasteiger partial charge in [-0.3, -0.25) is 4.90 Å². The minimum Gasteiger partial charge on any atom is -0.496 e. The molecule has 3 rings (SSSR count). The largest absolute Gasteiger partial charge is 0.496 e. The molecule has 3 heteroatoms. The minimum absolute atomic E-state index is 0.865. The molecule has 0 amide bonds. The fraction of sp³-hybridized carbons (Fsp3) is 0.571. The maximum Gasteiger partial charge on any atom is 0.123 e. The SMILES string of the molecule is COc1ccccc1CN1CC2CNCC2C1. The lowest BCUT2D eigenvalue weighted by molar-refractivity contribution is 0.298. The third kappa shape index (κ3) is 2.17. The number of benzene rings is 1. The number of nitrogens with one attached hydrogen (secondary N) is 1. The summed E-state index contributed by atoms with van der Waals surface area (Å²) in [4.78, 5) is 2.56. The normalized spacial score (nSPS) is 28.3. The van der Waals surface area contributed by atoms with E-state index in [4.69, 9.17) is 4.74 Å². The first kappa shape index (κ1) is 11.1. The maximum absolute atomic E-state index is 5.41. The molecular formula is C14H20N2O. The number of para-hydroxylation sites is 1. The average molecular weight is 232 g/mol. The van der Waals surface area contributed by atoms with E-state index in [1.165, 1.54) is 31.7 Å². The molecule has 2 aliphatic rings. The molecule has 2 aliphatic heterocycles. The van der Waals surface area contributed by atoms with Gasteiger partial charge in [-0.05, 0) is 31.0 Å². The van der Waals surface area contributed by atoms with Crippen LogP contribution in [0.5, 0.6) is 5.75 Å². The first-order valence-electron chi connectivity index (χ1n) is 6.42. The zero-order valence-corrected chi connectivity index (χ0v) is 10.4. The van der Waals surface area contributed by atoms with Gasteiger partial charge in [0.05, 0.1) is 7.11 Å². The molecule has 1 N–H and O–H groups in total. The first-order chi connectivity index (χ1) is 8.36. The number of nitrogens with zero attached hydrogens (tertiary/aromatic N) is 1. The van der Waals surface area contributed by atoms with Crippen LogP contribution in [-0.2, 0) is 6.54 Å². The van der Waals surface area contributed by atoms with Crippen molar-refractivity contribution in [1.82, 2.24) is 10.2 Å². The summed E-state index contributed by atoms with van der Waals surface area (Å²) in [5.41, 5.74) is 1.31. The van der Waals surface area contributed by atoms with Gasteiger partial charge in [-0.15, -0.1) is 0 Å². The van der Waals surface area contributed by atoms with E-state index in [9.17, 15) is 0 Å². The van der Waals surface area contributed by atoms with Crippen molar-refractivity contribution in [2.24, 2.45) is 11.8 Å². The van der Waals surface area contributed by atoms with Gasteiger partial charge in [0.1, 0.15) is 5.75 Å². The fourth-order valence-corrected chi connectivity index (χ4v) is 3.16. The van der Waals surface area contributed by atoms with Crippen LogP contribution in [0.2, 0.25) is 0 Å². The van der Waals surface area contributed by atoms with Crippen molar-refractivity contribution in [1.29, 1.82) is 0 Å². The molecule has 2 unspecified atom stereocenters. The van der Waals surface area contributed by atoms with Crippen LogP contribution in [0.3, 0.4) is 0 Å². The summed E-state index contributed by atoms with van der Waals surface area (Å²) in [7, 11) is 1.75. The molecule has 0 aliphatic carbocycles. The van der Waals surface area contributed by atoms with Gasteiger partial charge in [-0.2, -0.15) is 0 Å². The molecule has 2 atom stereocenters. The Bertz CT molecular complexity index is 382. The molecule has 2 heterocycles. The number of methoxy groups -OCH3 is 1. The molecule has 17 heavy (non-hydrogen) atoms. The van der Waals surface area contributed by atoms with Gasteiger partial charge in [0.25, 0.3) is 0 Å². The van der Waals surface area contributed by atoms with Crippen molar-refractivity contribution in [2.45, 2.75) is 6.54 Å². The molecule has 1 aromatic rings. The lowest BCUT2D eigenvalue weighted by atomic mass is 10.0. The number of hydrogen-bond acceptors (Lipinski definition) is 3. The van der Waals surface area contributed by atoms with Crippen LogP contribution in [0.15, 0.2) is 24.3 Å². The predicted molar refractivity (Wildman–Crippen MR) is 68.1 cm³/mol. The Morgan fingerprint density at radius 2 is 1.94 bits per heavy atom. The van der Waals surface area contributed by atoms with E-state index in [-0.39, 0.29) is 0 Å². The Kier molecular flexibility index (Phi) is 3.04. The van der Waals surface area contributed by atoms with Gasteiger partial charge in [0.2, 0.25) is 0 Å². The highest BCUT2D eigenvalue weighted by Gasteiger charge is 2.35. The van der Waals surface area contributed by atoms with Crippen molar-refractivity contribution in [3.8, 4) is 5.75 Å². The molecule has 0 saturated carbocycles. The van der Waals surface area contributed by atoms with Gasteiger partial charge in [-0.1, -0.05) is 18.2 Å². The summed E-state index contributed by atoms with van der Waals surface area (Å²) in [6.07, 6.45) is 0. The van der Waals surface area contributed by atoms with E-state index in [0.717, 1.165) is 24.1 Å². The van der Waals surface area contributed by atoms with Gasteiger partial charge in [-0.25, -0.2) is 0 Å². The Labute approximate surface area is 103 Å². The summed E-state index contributed by atoms with van der Waals surface area (Å²) in [6, 6.07) is 8.35. The monoisotopic (exact) mass is 232 g/mol. The molecule has 0 spiro atoms. The summed E-state index contributed by atoms with van der Waals surface area (Å²) in [5, 5.41) is 3.48. The third-order valence-corrected chi connectivity index (χ3v) is 4.05.